The molecule has 1 aliphatic carbocycles. The standard InChI is InChI=1S/C18H27NO4/c1-11-12(2)22-13(3)16(11)18(21)23-14(4)17(20)19-15-9-7-5-6-8-10-15/h14-15H,5-10H2,1-4H3,(H,19,20)/t14-/m1/s1. The molecule has 1 aliphatic rings. The van der Waals surface area contributed by atoms with Gasteiger partial charge < -0.3 is 14.5 Å². The zero-order valence-corrected chi connectivity index (χ0v) is 14.5. The Morgan fingerprint density at radius 1 is 1.09 bits per heavy atom. The Labute approximate surface area is 137 Å². The minimum absolute atomic E-state index is 0.200. The molecule has 0 aliphatic heterocycles. The summed E-state index contributed by atoms with van der Waals surface area (Å²) in [5.41, 5.74) is 1.19. The van der Waals surface area contributed by atoms with E-state index in [1.165, 1.54) is 12.8 Å². The predicted octanol–water partition coefficient (Wildman–Crippen LogP) is 3.59. The van der Waals surface area contributed by atoms with Gasteiger partial charge in [0.2, 0.25) is 0 Å². The molecule has 1 atom stereocenters. The van der Waals surface area contributed by atoms with Crippen molar-refractivity contribution in [1.82, 2.24) is 5.32 Å². The number of ether oxygens (including phenoxy) is 1. The highest BCUT2D eigenvalue weighted by Gasteiger charge is 2.26. The molecule has 1 fully saturated rings. The zero-order valence-electron chi connectivity index (χ0n) is 14.5. The Morgan fingerprint density at radius 3 is 2.22 bits per heavy atom. The van der Waals surface area contributed by atoms with Gasteiger partial charge in [-0.25, -0.2) is 4.79 Å². The van der Waals surface area contributed by atoms with Crippen LogP contribution in [0.5, 0.6) is 0 Å². The van der Waals surface area contributed by atoms with Gasteiger partial charge in [-0.3, -0.25) is 4.79 Å². The van der Waals surface area contributed by atoms with Gasteiger partial charge in [0.25, 0.3) is 5.91 Å². The number of esters is 1. The highest BCUT2D eigenvalue weighted by Crippen LogP contribution is 2.22. The molecule has 5 heteroatoms. The maximum atomic E-state index is 12.3. The molecular weight excluding hydrogens is 294 g/mol. The molecule has 5 nitrogen and oxygen atoms in total. The van der Waals surface area contributed by atoms with E-state index < -0.39 is 12.1 Å². The maximum absolute atomic E-state index is 12.3. The molecule has 1 amide bonds. The summed E-state index contributed by atoms with van der Waals surface area (Å²) in [6.07, 6.45) is 5.96. The third-order valence-electron chi connectivity index (χ3n) is 4.62. The summed E-state index contributed by atoms with van der Waals surface area (Å²) in [6, 6.07) is 0.200. The van der Waals surface area contributed by atoms with Crippen molar-refractivity contribution in [3.8, 4) is 0 Å². The second-order valence-electron chi connectivity index (χ2n) is 6.46. The minimum atomic E-state index is -0.806. The number of rotatable bonds is 4. The average molecular weight is 321 g/mol. The topological polar surface area (TPSA) is 68.5 Å². The van der Waals surface area contributed by atoms with Gasteiger partial charge in [0, 0.05) is 11.6 Å². The number of hydrogen-bond donors (Lipinski definition) is 1. The highest BCUT2D eigenvalue weighted by atomic mass is 16.5. The lowest BCUT2D eigenvalue weighted by atomic mass is 10.1. The van der Waals surface area contributed by atoms with E-state index in [1.807, 2.05) is 6.92 Å². The van der Waals surface area contributed by atoms with Crippen LogP contribution >= 0.6 is 0 Å². The van der Waals surface area contributed by atoms with Gasteiger partial charge in [-0.15, -0.1) is 0 Å². The Morgan fingerprint density at radius 2 is 1.70 bits per heavy atom. The number of carbonyl (C=O) groups excluding carboxylic acids is 2. The third-order valence-corrected chi connectivity index (χ3v) is 4.62. The van der Waals surface area contributed by atoms with E-state index in [0.717, 1.165) is 31.2 Å². The Bertz CT molecular complexity index is 568. The van der Waals surface area contributed by atoms with E-state index in [1.54, 1.807) is 20.8 Å². The average Bonchev–Trinajstić information content (AvgIpc) is 2.68. The first kappa shape index (κ1) is 17.6. The summed E-state index contributed by atoms with van der Waals surface area (Å²) in [5, 5.41) is 3.01. The number of furan rings is 1. The van der Waals surface area contributed by atoms with E-state index in [4.69, 9.17) is 9.15 Å². The molecule has 0 aromatic carbocycles. The molecule has 0 bridgehead atoms. The van der Waals surface area contributed by atoms with Crippen molar-refractivity contribution < 1.29 is 18.7 Å². The first-order chi connectivity index (χ1) is 10.9. The largest absolute Gasteiger partial charge is 0.465 e. The Hall–Kier alpha value is -1.78. The number of amides is 1. The van der Waals surface area contributed by atoms with Gasteiger partial charge in [-0.05, 0) is 40.5 Å². The van der Waals surface area contributed by atoms with Gasteiger partial charge in [-0.2, -0.15) is 0 Å². The summed E-state index contributed by atoms with van der Waals surface area (Å²) in [5.74, 6) is 0.507. The van der Waals surface area contributed by atoms with Crippen LogP contribution < -0.4 is 5.32 Å². The summed E-state index contributed by atoms with van der Waals surface area (Å²) >= 11 is 0. The second-order valence-corrected chi connectivity index (χ2v) is 6.46. The molecule has 1 aromatic heterocycles. The summed E-state index contributed by atoms with van der Waals surface area (Å²) in [4.78, 5) is 24.6. The van der Waals surface area contributed by atoms with Crippen LogP contribution in [0.1, 0.15) is 72.9 Å². The molecule has 1 N–H and O–H groups in total. The van der Waals surface area contributed by atoms with Gasteiger partial charge in [0.1, 0.15) is 17.1 Å². The quantitative estimate of drug-likeness (QED) is 0.679. The van der Waals surface area contributed by atoms with Crippen molar-refractivity contribution in [2.45, 2.75) is 78.4 Å². The molecule has 0 unspecified atom stereocenters. The molecule has 23 heavy (non-hydrogen) atoms. The van der Waals surface area contributed by atoms with Crippen molar-refractivity contribution in [1.29, 1.82) is 0 Å². The highest BCUT2D eigenvalue weighted by molar-refractivity contribution is 5.94. The van der Waals surface area contributed by atoms with Crippen LogP contribution in [0.25, 0.3) is 0 Å². The number of nitrogens with one attached hydrogen (secondary N) is 1. The van der Waals surface area contributed by atoms with Gasteiger partial charge in [0.15, 0.2) is 6.10 Å². The van der Waals surface area contributed by atoms with Crippen LogP contribution in [-0.2, 0) is 9.53 Å². The molecule has 0 saturated heterocycles. The van der Waals surface area contributed by atoms with Crippen LogP contribution in [-0.4, -0.2) is 24.0 Å². The van der Waals surface area contributed by atoms with E-state index in [2.05, 4.69) is 5.32 Å². The normalized spacial score (nSPS) is 17.4. The van der Waals surface area contributed by atoms with E-state index in [0.29, 0.717) is 17.1 Å². The maximum Gasteiger partial charge on any atom is 0.342 e. The van der Waals surface area contributed by atoms with E-state index in [9.17, 15) is 9.59 Å². The van der Waals surface area contributed by atoms with Crippen LogP contribution in [0.2, 0.25) is 0 Å². The number of hydrogen-bond acceptors (Lipinski definition) is 4. The first-order valence-corrected chi connectivity index (χ1v) is 8.48. The fourth-order valence-electron chi connectivity index (χ4n) is 3.11. The second kappa shape index (κ2) is 7.66. The van der Waals surface area contributed by atoms with Gasteiger partial charge in [0.05, 0.1) is 0 Å². The van der Waals surface area contributed by atoms with Crippen LogP contribution in [0.4, 0.5) is 0 Å². The Balaban J connectivity index is 1.93. The minimum Gasteiger partial charge on any atom is -0.465 e. The molecular formula is C18H27NO4. The fourth-order valence-corrected chi connectivity index (χ4v) is 3.11. The van der Waals surface area contributed by atoms with Crippen molar-refractivity contribution in [2.24, 2.45) is 0 Å². The molecule has 128 valence electrons. The van der Waals surface area contributed by atoms with E-state index in [-0.39, 0.29) is 11.9 Å². The molecule has 1 aromatic rings. The summed E-state index contributed by atoms with van der Waals surface area (Å²) in [6.45, 7) is 6.97. The lowest BCUT2D eigenvalue weighted by Gasteiger charge is -2.19. The molecule has 0 spiro atoms. The lowest BCUT2D eigenvalue weighted by Crippen LogP contribution is -2.41. The monoisotopic (exact) mass is 321 g/mol. The van der Waals surface area contributed by atoms with Crippen LogP contribution in [0, 0.1) is 20.8 Å². The molecule has 1 heterocycles. The summed E-state index contributed by atoms with van der Waals surface area (Å²) < 4.78 is 10.8. The van der Waals surface area contributed by atoms with Crippen molar-refractivity contribution in [2.75, 3.05) is 0 Å². The Kier molecular flexibility index (Phi) is 5.85. The molecule has 1 saturated carbocycles. The number of carbonyl (C=O) groups is 2. The molecule has 2 rings (SSSR count). The summed E-state index contributed by atoms with van der Waals surface area (Å²) in [7, 11) is 0. The van der Waals surface area contributed by atoms with Crippen LogP contribution in [0.15, 0.2) is 4.42 Å². The smallest absolute Gasteiger partial charge is 0.342 e. The first-order valence-electron chi connectivity index (χ1n) is 8.48. The lowest BCUT2D eigenvalue weighted by molar-refractivity contribution is -0.129. The van der Waals surface area contributed by atoms with Gasteiger partial charge in [-0.1, -0.05) is 25.7 Å². The number of aryl methyl sites for hydroxylation is 2. The molecule has 0 radical (unpaired) electrons. The SMILES string of the molecule is Cc1oc(C)c(C(=O)O[C@H](C)C(=O)NC2CCCCCC2)c1C. The van der Waals surface area contributed by atoms with Gasteiger partial charge >= 0.3 is 5.97 Å². The van der Waals surface area contributed by atoms with Crippen molar-refractivity contribution >= 4 is 11.9 Å². The van der Waals surface area contributed by atoms with Crippen LogP contribution in [0.3, 0.4) is 0 Å². The predicted molar refractivity (Wildman–Crippen MR) is 87.4 cm³/mol. The third kappa shape index (κ3) is 4.36. The van der Waals surface area contributed by atoms with E-state index >= 15 is 0 Å². The van der Waals surface area contributed by atoms with Crippen molar-refractivity contribution in [3.05, 3.63) is 22.6 Å². The zero-order chi connectivity index (χ0) is 17.0. The fraction of sp³-hybridized carbons (Fsp3) is 0.667. The van der Waals surface area contributed by atoms with Crippen molar-refractivity contribution in [3.63, 3.8) is 0 Å².